The number of esters is 4. The van der Waals surface area contributed by atoms with E-state index < -0.39 is 95.8 Å². The molecule has 2 unspecified atom stereocenters. The van der Waals surface area contributed by atoms with E-state index in [9.17, 15) is 58.2 Å². The number of rotatable bonds is 34. The Bertz CT molecular complexity index is 2670. The molecule has 29 nitrogen and oxygen atoms in total. The van der Waals surface area contributed by atoms with Crippen molar-refractivity contribution in [2.45, 2.75) is 189 Å². The van der Waals surface area contributed by atoms with Gasteiger partial charge in [0.1, 0.15) is 26.4 Å². The van der Waals surface area contributed by atoms with Crippen LogP contribution < -0.4 is 55.8 Å². The maximum Gasteiger partial charge on any atom is 0.306 e. The van der Waals surface area contributed by atoms with E-state index in [0.29, 0.717) is 28.7 Å². The number of carbonyl (C=O) groups excluding carboxylic acids is 10. The molecule has 0 radical (unpaired) electrons. The van der Waals surface area contributed by atoms with Crippen LogP contribution >= 0.6 is 0 Å². The molecular weight excluding hydrogens is 1100 g/mol. The third kappa shape index (κ3) is 28.7. The average molecular weight is 1180 g/mol. The van der Waals surface area contributed by atoms with Crippen LogP contribution in [-0.2, 0) is 93.3 Å². The fourth-order valence-electron chi connectivity index (χ4n) is 6.77. The summed E-state index contributed by atoms with van der Waals surface area (Å²) < 4.78 is 21.7. The molecule has 466 valence electrons. The zero-order valence-corrected chi connectivity index (χ0v) is 49.4. The predicted molar refractivity (Wildman–Crippen MR) is 306 cm³/mol. The number of benzene rings is 2. The van der Waals surface area contributed by atoms with Gasteiger partial charge in [-0.3, -0.25) is 64.2 Å². The summed E-state index contributed by atoms with van der Waals surface area (Å²) in [6, 6.07) is 13.7. The van der Waals surface area contributed by atoms with Crippen molar-refractivity contribution in [3.05, 3.63) is 70.8 Å². The maximum absolute atomic E-state index is 12.8. The second-order valence-electron chi connectivity index (χ2n) is 20.9. The molecule has 0 bridgehead atoms. The topological polar surface area (TPSA) is 461 Å². The third-order valence-electron chi connectivity index (χ3n) is 12.8. The van der Waals surface area contributed by atoms with Gasteiger partial charge in [0.05, 0.1) is 44.9 Å². The van der Waals surface area contributed by atoms with Crippen molar-refractivity contribution in [3.63, 3.8) is 0 Å². The van der Waals surface area contributed by atoms with E-state index in [0.717, 1.165) is 0 Å². The normalized spacial score (nSPS) is 13.2. The van der Waals surface area contributed by atoms with Crippen LogP contribution in [0.2, 0.25) is 0 Å². The van der Waals surface area contributed by atoms with Crippen LogP contribution in [0, 0.1) is 5.41 Å². The largest absolute Gasteiger partial charge is 0.461 e. The number of amides is 6. The highest BCUT2D eigenvalue weighted by atomic mass is 16.5. The van der Waals surface area contributed by atoms with Gasteiger partial charge in [-0.25, -0.2) is 33.8 Å². The minimum Gasteiger partial charge on any atom is -0.461 e. The molecule has 0 heterocycles. The molecule has 2 rings (SSSR count). The zero-order chi connectivity index (χ0) is 63.7. The fourth-order valence-corrected chi connectivity index (χ4v) is 6.77. The maximum atomic E-state index is 12.8. The zero-order valence-electron chi connectivity index (χ0n) is 49.4. The van der Waals surface area contributed by atoms with E-state index in [1.54, 1.807) is 64.8 Å². The summed E-state index contributed by atoms with van der Waals surface area (Å²) in [5.41, 5.74) is 15.0. The van der Waals surface area contributed by atoms with Crippen molar-refractivity contribution in [1.82, 2.24) is 32.6 Å². The highest BCUT2D eigenvalue weighted by Gasteiger charge is 2.42. The van der Waals surface area contributed by atoms with Gasteiger partial charge in [0.2, 0.25) is 23.6 Å². The first kappa shape index (κ1) is 73.9. The molecule has 0 saturated heterocycles. The van der Waals surface area contributed by atoms with E-state index in [-0.39, 0.29) is 99.9 Å². The smallest absolute Gasteiger partial charge is 0.306 e. The summed E-state index contributed by atoms with van der Waals surface area (Å²) in [5, 5.41) is 33.2. The Labute approximate surface area is 488 Å². The van der Waals surface area contributed by atoms with E-state index in [1.807, 2.05) is 27.7 Å². The van der Waals surface area contributed by atoms with Crippen molar-refractivity contribution in [2.75, 3.05) is 0 Å². The molecule has 84 heavy (non-hydrogen) atoms. The summed E-state index contributed by atoms with van der Waals surface area (Å²) in [6.45, 7) is 16.1. The monoisotopic (exact) mass is 1180 g/mol. The Balaban J connectivity index is 0.0000115. The van der Waals surface area contributed by atoms with Crippen molar-refractivity contribution < 1.29 is 77.1 Å². The second-order valence-corrected chi connectivity index (χ2v) is 20.9. The molecule has 0 aliphatic carbocycles. The predicted octanol–water partition coefficient (Wildman–Crippen LogP) is 1.33. The minimum absolute atomic E-state index is 0.0119. The first-order chi connectivity index (χ1) is 39.4. The number of hydrogen-bond donors (Lipinski definition) is 12. The summed E-state index contributed by atoms with van der Waals surface area (Å²) in [7, 11) is 0. The number of aliphatic hydroxyl groups is 2. The summed E-state index contributed by atoms with van der Waals surface area (Å²) >= 11 is 0. The van der Waals surface area contributed by atoms with Crippen LogP contribution in [0.15, 0.2) is 63.8 Å². The highest BCUT2D eigenvalue weighted by molar-refractivity contribution is 5.97. The summed E-state index contributed by atoms with van der Waals surface area (Å²) in [5.74, 6) is 6.72. The molecule has 0 aromatic heterocycles. The summed E-state index contributed by atoms with van der Waals surface area (Å²) in [4.78, 5) is 125. The standard InChI is InChI=1S/C52H77N13O16.C3H8/c1-32(60-63-40(67)25-51(76,47(74)58-55)24-39(66)57-54)16-19-43(70)78-28-35-12-8-9-13-36(35)29-79-44(71)20-17-33(2)61-64-41(68)26-52(77,48(75)59-56)27-42(69)65-62-34(3)18-21-45(72)80-30-37-14-10-11-15-38(37)31-81-46(73)22-23-49(4,5)50(6,7)53;1-3-2/h8-15,76-77H,16-31,53-56H2,1-7H3,(H,57,66)(H,58,74)(H,59,75)(H,63,67)(H,64,68)(H,65,69);3H2,1-2H3/b60-32+,61-33+,62-34+;. The van der Waals surface area contributed by atoms with Crippen molar-refractivity contribution in [3.8, 4) is 0 Å². The van der Waals surface area contributed by atoms with E-state index >= 15 is 0 Å². The molecule has 0 spiro atoms. The number of hydrogen-bond acceptors (Lipinski definition) is 23. The number of carbonyl (C=O) groups is 10. The lowest BCUT2D eigenvalue weighted by Crippen LogP contribution is -2.54. The summed E-state index contributed by atoms with van der Waals surface area (Å²) in [6.07, 6.45) is -2.07. The van der Waals surface area contributed by atoms with Gasteiger partial charge in [0.25, 0.3) is 11.8 Å². The van der Waals surface area contributed by atoms with Crippen LogP contribution in [0.1, 0.15) is 168 Å². The second kappa shape index (κ2) is 37.2. The molecule has 0 aliphatic rings. The van der Waals surface area contributed by atoms with E-state index in [1.165, 1.54) is 27.2 Å². The van der Waals surface area contributed by atoms with Crippen molar-refractivity contribution in [1.29, 1.82) is 0 Å². The molecule has 2 aromatic carbocycles. The molecule has 2 atom stereocenters. The number of hydrazine groups is 3. The third-order valence-corrected chi connectivity index (χ3v) is 12.8. The lowest BCUT2D eigenvalue weighted by Gasteiger charge is -2.38. The molecular formula is C55H85N13O16. The first-order valence-electron chi connectivity index (χ1n) is 26.8. The van der Waals surface area contributed by atoms with E-state index in [2.05, 4.69) is 45.4 Å². The first-order valence-corrected chi connectivity index (χ1v) is 26.8. The van der Waals surface area contributed by atoms with Crippen molar-refractivity contribution >= 4 is 76.5 Å². The van der Waals surface area contributed by atoms with Gasteiger partial charge >= 0.3 is 23.9 Å². The number of nitrogens with two attached hydrogens (primary N) is 4. The molecule has 16 N–H and O–H groups in total. The van der Waals surface area contributed by atoms with Crippen molar-refractivity contribution in [2.24, 2.45) is 44.0 Å². The van der Waals surface area contributed by atoms with Gasteiger partial charge in [-0.1, -0.05) is 82.6 Å². The minimum atomic E-state index is -2.65. The average Bonchev–Trinajstić information content (AvgIpc) is 3.56. The van der Waals surface area contributed by atoms with Crippen LogP contribution in [0.4, 0.5) is 0 Å². The van der Waals surface area contributed by atoms with Crippen LogP contribution in [-0.4, -0.2) is 103 Å². The van der Waals surface area contributed by atoms with Gasteiger partial charge in [0, 0.05) is 29.1 Å². The highest BCUT2D eigenvalue weighted by Crippen LogP contribution is 2.33. The van der Waals surface area contributed by atoms with Crippen LogP contribution in [0.5, 0.6) is 0 Å². The molecule has 2 aromatic rings. The Morgan fingerprint density at radius 1 is 0.452 bits per heavy atom. The number of hydrazone groups is 3. The van der Waals surface area contributed by atoms with Crippen LogP contribution in [0.25, 0.3) is 0 Å². The lowest BCUT2D eigenvalue weighted by molar-refractivity contribution is -0.149. The van der Waals surface area contributed by atoms with Gasteiger partial charge in [-0.2, -0.15) is 15.3 Å². The lowest BCUT2D eigenvalue weighted by atomic mass is 9.72. The Morgan fingerprint density at radius 2 is 0.714 bits per heavy atom. The van der Waals surface area contributed by atoms with Crippen LogP contribution in [0.3, 0.4) is 0 Å². The van der Waals surface area contributed by atoms with Gasteiger partial charge in [0.15, 0.2) is 11.2 Å². The van der Waals surface area contributed by atoms with Gasteiger partial charge in [-0.15, -0.1) is 0 Å². The van der Waals surface area contributed by atoms with E-state index in [4.69, 9.17) is 42.2 Å². The quantitative estimate of drug-likeness (QED) is 0.0117. The van der Waals surface area contributed by atoms with Gasteiger partial charge in [-0.05, 0) is 88.0 Å². The molecule has 29 heteroatoms. The number of nitrogens with zero attached hydrogens (tertiary/aromatic N) is 3. The Hall–Kier alpha value is -8.09. The molecule has 0 aliphatic heterocycles. The molecule has 0 saturated carbocycles. The Morgan fingerprint density at radius 3 is 0.964 bits per heavy atom. The fraction of sp³-hybridized carbons (Fsp3) is 0.545. The molecule has 0 fully saturated rings. The van der Waals surface area contributed by atoms with Gasteiger partial charge < -0.3 is 34.9 Å². The number of nitrogens with one attached hydrogen (secondary N) is 6. The number of ether oxygens (including phenoxy) is 4. The Kier molecular flexibility index (Phi) is 32.7. The SMILES string of the molecule is C/C(CCC(=O)OCc1ccccc1COC(=O)CC/C(C)=N/NC(=O)CC(O)(CC(=O)N/N=C(\C)CCC(=O)OCc1ccccc1COC(=O)CCC(C)(C)C(C)(C)N)C(=O)NN)=N\NC(=O)CC(O)(CC(=O)NN)C(=O)NN.CCC. The molecule has 6 amide bonds.